The molecule has 2 heterocycles. The molecule has 1 aromatic carbocycles. The fraction of sp³-hybridized carbons (Fsp3) is 0.458. The summed E-state index contributed by atoms with van der Waals surface area (Å²) < 4.78 is 0. The first-order valence-corrected chi connectivity index (χ1v) is 10.1. The van der Waals surface area contributed by atoms with E-state index in [0.29, 0.717) is 0 Å². The monoisotopic (exact) mass is 376 g/mol. The zero-order chi connectivity index (χ0) is 20.3. The molecule has 4 heteroatoms. The first-order chi connectivity index (χ1) is 13.3. The highest BCUT2D eigenvalue weighted by Gasteiger charge is 2.23. The van der Waals surface area contributed by atoms with E-state index in [1.54, 1.807) is 0 Å². The summed E-state index contributed by atoms with van der Waals surface area (Å²) in [5.41, 5.74) is 8.74. The number of aryl methyl sites for hydroxylation is 1. The lowest BCUT2D eigenvalue weighted by Crippen LogP contribution is -2.28. The lowest BCUT2D eigenvalue weighted by atomic mass is 9.86. The van der Waals surface area contributed by atoms with Crippen LogP contribution >= 0.6 is 0 Å². The summed E-state index contributed by atoms with van der Waals surface area (Å²) in [5, 5.41) is 8.08. The predicted octanol–water partition coefficient (Wildman–Crippen LogP) is 4.99. The Bertz CT molecular complexity index is 865. The molecule has 0 atom stereocenters. The Morgan fingerprint density at radius 3 is 2.68 bits per heavy atom. The molecule has 0 saturated carbocycles. The Morgan fingerprint density at radius 1 is 1.25 bits per heavy atom. The van der Waals surface area contributed by atoms with E-state index in [9.17, 15) is 0 Å². The van der Waals surface area contributed by atoms with E-state index >= 15 is 0 Å². The van der Waals surface area contributed by atoms with E-state index in [1.807, 2.05) is 0 Å². The second-order valence-corrected chi connectivity index (χ2v) is 8.82. The molecule has 0 fully saturated rings. The van der Waals surface area contributed by atoms with Gasteiger partial charge in [-0.05, 0) is 59.9 Å². The van der Waals surface area contributed by atoms with E-state index in [-0.39, 0.29) is 5.41 Å². The summed E-state index contributed by atoms with van der Waals surface area (Å²) in [6.07, 6.45) is 5.02. The molecule has 148 valence electrons. The molecule has 3 rings (SSSR count). The second kappa shape index (κ2) is 8.26. The zero-order valence-electron chi connectivity index (χ0n) is 17.8. The Balaban J connectivity index is 1.69. The summed E-state index contributed by atoms with van der Waals surface area (Å²) >= 11 is 0. The molecule has 4 nitrogen and oxygen atoms in total. The standard InChI is InChI=1S/C24H32N4/c1-17(2)28-12-11-19-13-18(7-9-20(19)16-28)8-10-22(27-25-6)23-14-21(15-26-23)24(3,4)5/h7,9,13-14H,1,6,8,10-12,15-16H2,2-5H3/b27-22+. The summed E-state index contributed by atoms with van der Waals surface area (Å²) in [5.74, 6) is 0. The van der Waals surface area contributed by atoms with Crippen molar-refractivity contribution in [2.45, 2.75) is 53.5 Å². The van der Waals surface area contributed by atoms with Gasteiger partial charge in [0, 0.05) is 25.5 Å². The van der Waals surface area contributed by atoms with Gasteiger partial charge in [0.2, 0.25) is 0 Å². The largest absolute Gasteiger partial charge is 0.371 e. The SMILES string of the molecule is C=N/N=C(\CCc1ccc2c(c1)CCN(C(=C)C)C2)C1=NCC(C(C)(C)C)=C1. The third kappa shape index (κ3) is 4.67. The number of nitrogens with zero attached hydrogens (tertiary/aromatic N) is 4. The number of hydrogen-bond donors (Lipinski definition) is 0. The van der Waals surface area contributed by atoms with Crippen molar-refractivity contribution in [3.8, 4) is 0 Å². The average molecular weight is 377 g/mol. The van der Waals surface area contributed by atoms with Crippen LogP contribution in [0.5, 0.6) is 0 Å². The Hall–Kier alpha value is -2.49. The molecule has 0 radical (unpaired) electrons. The van der Waals surface area contributed by atoms with Crippen molar-refractivity contribution in [3.63, 3.8) is 0 Å². The van der Waals surface area contributed by atoms with Crippen molar-refractivity contribution in [2.24, 2.45) is 20.6 Å². The summed E-state index contributed by atoms with van der Waals surface area (Å²) in [4.78, 5) is 7.05. The number of allylic oxidation sites excluding steroid dienone is 2. The van der Waals surface area contributed by atoms with Gasteiger partial charge in [-0.25, -0.2) is 0 Å². The van der Waals surface area contributed by atoms with E-state index in [4.69, 9.17) is 4.99 Å². The molecule has 0 N–H and O–H groups in total. The molecule has 2 aliphatic rings. The van der Waals surface area contributed by atoms with Crippen LogP contribution in [0.1, 0.15) is 50.8 Å². The average Bonchev–Trinajstić information content (AvgIpc) is 3.15. The van der Waals surface area contributed by atoms with Crippen molar-refractivity contribution < 1.29 is 0 Å². The van der Waals surface area contributed by atoms with Gasteiger partial charge in [0.15, 0.2) is 0 Å². The molecule has 0 unspecified atom stereocenters. The second-order valence-electron chi connectivity index (χ2n) is 8.82. The number of aliphatic imine (C=N–C) groups is 1. The van der Waals surface area contributed by atoms with E-state index in [0.717, 1.165) is 56.0 Å². The van der Waals surface area contributed by atoms with Crippen LogP contribution < -0.4 is 0 Å². The van der Waals surface area contributed by atoms with Gasteiger partial charge in [0.25, 0.3) is 0 Å². The Morgan fingerprint density at radius 2 is 2.04 bits per heavy atom. The van der Waals surface area contributed by atoms with Crippen molar-refractivity contribution in [1.29, 1.82) is 0 Å². The Kier molecular flexibility index (Phi) is 5.97. The van der Waals surface area contributed by atoms with Gasteiger partial charge in [-0.2, -0.15) is 10.2 Å². The maximum Gasteiger partial charge on any atom is 0.0885 e. The van der Waals surface area contributed by atoms with Crippen LogP contribution in [0.4, 0.5) is 0 Å². The van der Waals surface area contributed by atoms with Gasteiger partial charge in [-0.1, -0.05) is 45.5 Å². The van der Waals surface area contributed by atoms with E-state index in [2.05, 4.69) is 80.4 Å². The van der Waals surface area contributed by atoms with Crippen LogP contribution in [0.3, 0.4) is 0 Å². The molecular weight excluding hydrogens is 344 g/mol. The third-order valence-electron chi connectivity index (χ3n) is 5.65. The fourth-order valence-electron chi connectivity index (χ4n) is 3.72. The minimum Gasteiger partial charge on any atom is -0.371 e. The van der Waals surface area contributed by atoms with Gasteiger partial charge in [-0.15, -0.1) is 0 Å². The van der Waals surface area contributed by atoms with Crippen LogP contribution in [0.2, 0.25) is 0 Å². The topological polar surface area (TPSA) is 40.3 Å². The van der Waals surface area contributed by atoms with Gasteiger partial charge in [0.1, 0.15) is 0 Å². The zero-order valence-corrected chi connectivity index (χ0v) is 17.8. The molecule has 1 aromatic rings. The van der Waals surface area contributed by atoms with Gasteiger partial charge >= 0.3 is 0 Å². The van der Waals surface area contributed by atoms with Crippen LogP contribution in [0.15, 0.2) is 57.3 Å². The fourth-order valence-corrected chi connectivity index (χ4v) is 3.72. The van der Waals surface area contributed by atoms with Crippen LogP contribution in [-0.2, 0) is 19.4 Å². The number of rotatable bonds is 6. The highest BCUT2D eigenvalue weighted by Crippen LogP contribution is 2.28. The van der Waals surface area contributed by atoms with Crippen molar-refractivity contribution >= 4 is 18.1 Å². The smallest absolute Gasteiger partial charge is 0.0885 e. The highest BCUT2D eigenvalue weighted by molar-refractivity contribution is 6.47. The minimum absolute atomic E-state index is 0.133. The first kappa shape index (κ1) is 20.2. The number of benzene rings is 1. The van der Waals surface area contributed by atoms with E-state index in [1.165, 1.54) is 22.3 Å². The summed E-state index contributed by atoms with van der Waals surface area (Å²) in [7, 11) is 0. The molecule has 0 bridgehead atoms. The molecule has 0 aliphatic carbocycles. The lowest BCUT2D eigenvalue weighted by Gasteiger charge is -2.31. The number of hydrogen-bond acceptors (Lipinski definition) is 4. The highest BCUT2D eigenvalue weighted by atomic mass is 15.2. The van der Waals surface area contributed by atoms with Crippen molar-refractivity contribution in [3.05, 3.63) is 58.8 Å². The minimum atomic E-state index is 0.133. The van der Waals surface area contributed by atoms with Gasteiger partial charge in [0.05, 0.1) is 18.0 Å². The van der Waals surface area contributed by atoms with Crippen LogP contribution in [0, 0.1) is 5.41 Å². The maximum atomic E-state index is 4.70. The normalized spacial score (nSPS) is 17.1. The van der Waals surface area contributed by atoms with Gasteiger partial charge in [-0.3, -0.25) is 4.99 Å². The van der Waals surface area contributed by atoms with Crippen molar-refractivity contribution in [2.75, 3.05) is 13.1 Å². The third-order valence-corrected chi connectivity index (χ3v) is 5.65. The summed E-state index contributed by atoms with van der Waals surface area (Å²) in [6.45, 7) is 19.2. The molecule has 0 amide bonds. The maximum absolute atomic E-state index is 4.70. The van der Waals surface area contributed by atoms with Crippen molar-refractivity contribution in [1.82, 2.24) is 4.90 Å². The molecule has 0 aromatic heterocycles. The van der Waals surface area contributed by atoms with Gasteiger partial charge < -0.3 is 4.90 Å². The number of fused-ring (bicyclic) bond motifs is 1. The molecule has 0 spiro atoms. The van der Waals surface area contributed by atoms with Crippen LogP contribution in [0.25, 0.3) is 0 Å². The summed E-state index contributed by atoms with van der Waals surface area (Å²) in [6, 6.07) is 6.87. The van der Waals surface area contributed by atoms with E-state index < -0.39 is 0 Å². The molecular formula is C24H32N4. The predicted molar refractivity (Wildman–Crippen MR) is 121 cm³/mol. The van der Waals surface area contributed by atoms with Crippen LogP contribution in [-0.4, -0.2) is 36.1 Å². The molecule has 28 heavy (non-hydrogen) atoms. The lowest BCUT2D eigenvalue weighted by molar-refractivity contribution is 0.324. The molecule has 2 aliphatic heterocycles. The Labute approximate surface area is 169 Å². The quantitative estimate of drug-likeness (QED) is 0.509. The first-order valence-electron chi connectivity index (χ1n) is 10.1. The molecule has 0 saturated heterocycles.